The fourth-order valence-electron chi connectivity index (χ4n) is 3.37. The zero-order chi connectivity index (χ0) is 23.7. The average molecular weight is 469 g/mol. The summed E-state index contributed by atoms with van der Waals surface area (Å²) in [6.07, 6.45) is 1.28. The second-order valence-corrected chi connectivity index (χ2v) is 8.24. The second-order valence-electron chi connectivity index (χ2n) is 7.24. The van der Waals surface area contributed by atoms with Gasteiger partial charge in [-0.15, -0.1) is 11.3 Å². The third kappa shape index (κ3) is 4.40. The lowest BCUT2D eigenvalue weighted by Crippen LogP contribution is -2.28. The number of hydrogen-bond acceptors (Lipinski definition) is 7. The number of ether oxygens (including phenoxy) is 1. The summed E-state index contributed by atoms with van der Waals surface area (Å²) in [4.78, 5) is 42.8. The van der Waals surface area contributed by atoms with Crippen LogP contribution in [0.5, 0.6) is 0 Å². The quantitative estimate of drug-likeness (QED) is 0.435. The Labute approximate surface area is 191 Å². The van der Waals surface area contributed by atoms with Gasteiger partial charge in [-0.2, -0.15) is 5.10 Å². The summed E-state index contributed by atoms with van der Waals surface area (Å²) < 4.78 is 21.0. The lowest BCUT2D eigenvalue weighted by atomic mass is 10.2. The standard InChI is InChI=1S/C22H20FN5O4S/c1-4-32-22(31)19-13(3)18-20(33-19)24-11-27(21(18)30)10-17(29)25-16-9-12(2)26-28(16)15-7-5-14(23)6-8-15/h5-9,11H,4,10H2,1-3H3,(H,25,29). The molecule has 0 unspecified atom stereocenters. The molecule has 3 aromatic heterocycles. The summed E-state index contributed by atoms with van der Waals surface area (Å²) in [5, 5.41) is 7.35. The highest BCUT2D eigenvalue weighted by Crippen LogP contribution is 2.27. The van der Waals surface area contributed by atoms with Crippen LogP contribution in [0.2, 0.25) is 0 Å². The van der Waals surface area contributed by atoms with Crippen LogP contribution in [0.3, 0.4) is 0 Å². The number of fused-ring (bicyclic) bond motifs is 1. The maximum absolute atomic E-state index is 13.3. The van der Waals surface area contributed by atoms with E-state index in [1.807, 2.05) is 0 Å². The van der Waals surface area contributed by atoms with E-state index >= 15 is 0 Å². The summed E-state index contributed by atoms with van der Waals surface area (Å²) in [6, 6.07) is 7.35. The molecule has 0 spiro atoms. The molecule has 0 aliphatic rings. The Bertz CT molecular complexity index is 1420. The highest BCUT2D eigenvalue weighted by molar-refractivity contribution is 7.20. The van der Waals surface area contributed by atoms with Crippen molar-refractivity contribution in [1.29, 1.82) is 0 Å². The summed E-state index contributed by atoms with van der Waals surface area (Å²) in [7, 11) is 0. The molecule has 0 aliphatic carbocycles. The van der Waals surface area contributed by atoms with Crippen LogP contribution < -0.4 is 10.9 Å². The van der Waals surface area contributed by atoms with Gasteiger partial charge in [-0.3, -0.25) is 14.2 Å². The molecule has 0 saturated heterocycles. The molecule has 3 heterocycles. The topological polar surface area (TPSA) is 108 Å². The van der Waals surface area contributed by atoms with Crippen LogP contribution in [0.4, 0.5) is 10.2 Å². The number of aryl methyl sites for hydroxylation is 2. The molecule has 0 atom stereocenters. The summed E-state index contributed by atoms with van der Waals surface area (Å²) in [6.45, 7) is 5.05. The average Bonchev–Trinajstić information content (AvgIpc) is 3.30. The van der Waals surface area contributed by atoms with Crippen LogP contribution in [-0.2, 0) is 16.1 Å². The molecular formula is C22H20FN5O4S. The van der Waals surface area contributed by atoms with Gasteiger partial charge in [0.25, 0.3) is 5.56 Å². The lowest BCUT2D eigenvalue weighted by molar-refractivity contribution is -0.116. The van der Waals surface area contributed by atoms with Crippen molar-refractivity contribution in [1.82, 2.24) is 19.3 Å². The normalized spacial score (nSPS) is 11.0. The number of nitrogens with zero attached hydrogens (tertiary/aromatic N) is 4. The first-order chi connectivity index (χ1) is 15.8. The summed E-state index contributed by atoms with van der Waals surface area (Å²) >= 11 is 1.08. The first kappa shape index (κ1) is 22.3. The Balaban J connectivity index is 1.60. The van der Waals surface area contributed by atoms with E-state index < -0.39 is 17.4 Å². The zero-order valence-electron chi connectivity index (χ0n) is 18.1. The molecule has 170 valence electrons. The largest absolute Gasteiger partial charge is 0.462 e. The van der Waals surface area contributed by atoms with Crippen LogP contribution in [0.25, 0.3) is 15.9 Å². The van der Waals surface area contributed by atoms with E-state index in [9.17, 15) is 18.8 Å². The Morgan fingerprint density at radius 2 is 1.94 bits per heavy atom. The van der Waals surface area contributed by atoms with Crippen LogP contribution in [0, 0.1) is 19.7 Å². The lowest BCUT2D eigenvalue weighted by Gasteiger charge is -2.10. The van der Waals surface area contributed by atoms with Crippen molar-refractivity contribution >= 4 is 39.2 Å². The Morgan fingerprint density at radius 3 is 2.64 bits per heavy atom. The number of carbonyl (C=O) groups excluding carboxylic acids is 2. The third-order valence-electron chi connectivity index (χ3n) is 4.86. The molecule has 4 aromatic rings. The maximum Gasteiger partial charge on any atom is 0.348 e. The van der Waals surface area contributed by atoms with E-state index in [4.69, 9.17) is 4.74 Å². The molecule has 0 fully saturated rings. The molecule has 1 amide bonds. The highest BCUT2D eigenvalue weighted by Gasteiger charge is 2.21. The minimum absolute atomic E-state index is 0.221. The third-order valence-corrected chi connectivity index (χ3v) is 6.04. The highest BCUT2D eigenvalue weighted by atomic mass is 32.1. The van der Waals surface area contributed by atoms with Crippen LogP contribution in [0.1, 0.15) is 27.9 Å². The number of carbonyl (C=O) groups is 2. The van der Waals surface area contributed by atoms with Gasteiger partial charge in [0, 0.05) is 6.07 Å². The van der Waals surface area contributed by atoms with Crippen LogP contribution in [0.15, 0.2) is 41.5 Å². The van der Waals surface area contributed by atoms with Gasteiger partial charge in [0.1, 0.15) is 27.9 Å². The molecule has 0 aliphatic heterocycles. The minimum Gasteiger partial charge on any atom is -0.462 e. The predicted octanol–water partition coefficient (Wildman–Crippen LogP) is 3.22. The van der Waals surface area contributed by atoms with Crippen molar-refractivity contribution in [2.45, 2.75) is 27.3 Å². The first-order valence-corrected chi connectivity index (χ1v) is 10.9. The van der Waals surface area contributed by atoms with E-state index in [0.29, 0.717) is 32.5 Å². The number of amides is 1. The maximum atomic E-state index is 13.3. The number of nitrogens with one attached hydrogen (secondary N) is 1. The van der Waals surface area contributed by atoms with Crippen molar-refractivity contribution in [3.63, 3.8) is 0 Å². The number of halogens is 1. The number of aromatic nitrogens is 4. The molecular weight excluding hydrogens is 449 g/mol. The van der Waals surface area contributed by atoms with Crippen molar-refractivity contribution in [3.05, 3.63) is 69.0 Å². The predicted molar refractivity (Wildman–Crippen MR) is 121 cm³/mol. The fraction of sp³-hybridized carbons (Fsp3) is 0.227. The van der Waals surface area contributed by atoms with Crippen molar-refractivity contribution in [2.75, 3.05) is 11.9 Å². The van der Waals surface area contributed by atoms with E-state index in [2.05, 4.69) is 15.4 Å². The van der Waals surface area contributed by atoms with Gasteiger partial charge in [-0.1, -0.05) is 0 Å². The van der Waals surface area contributed by atoms with Crippen LogP contribution >= 0.6 is 11.3 Å². The molecule has 0 saturated carbocycles. The number of benzene rings is 1. The van der Waals surface area contributed by atoms with Gasteiger partial charge in [-0.05, 0) is 50.6 Å². The Kier molecular flexibility index (Phi) is 6.05. The second kappa shape index (κ2) is 8.94. The van der Waals surface area contributed by atoms with E-state index in [-0.39, 0.29) is 24.4 Å². The number of anilines is 1. The van der Waals surface area contributed by atoms with Gasteiger partial charge in [0.2, 0.25) is 5.91 Å². The smallest absolute Gasteiger partial charge is 0.348 e. The summed E-state index contributed by atoms with van der Waals surface area (Å²) in [5.41, 5.74) is 1.27. The Morgan fingerprint density at radius 1 is 1.21 bits per heavy atom. The number of esters is 1. The molecule has 4 rings (SSSR count). The number of thiophene rings is 1. The molecule has 33 heavy (non-hydrogen) atoms. The molecule has 11 heteroatoms. The zero-order valence-corrected chi connectivity index (χ0v) is 18.9. The fourth-order valence-corrected chi connectivity index (χ4v) is 4.40. The molecule has 0 bridgehead atoms. The Hall–Kier alpha value is -3.86. The number of rotatable bonds is 6. The van der Waals surface area contributed by atoms with Gasteiger partial charge >= 0.3 is 5.97 Å². The first-order valence-electron chi connectivity index (χ1n) is 10.1. The SMILES string of the molecule is CCOC(=O)c1sc2ncn(CC(=O)Nc3cc(C)nn3-c3ccc(F)cc3)c(=O)c2c1C. The van der Waals surface area contributed by atoms with Crippen molar-refractivity contribution in [2.24, 2.45) is 0 Å². The van der Waals surface area contributed by atoms with Crippen LogP contribution in [-0.4, -0.2) is 37.8 Å². The number of hydrogen-bond donors (Lipinski definition) is 1. The van der Waals surface area contributed by atoms with Crippen molar-refractivity contribution in [3.8, 4) is 5.69 Å². The molecule has 1 aromatic carbocycles. The monoisotopic (exact) mass is 469 g/mol. The van der Waals surface area contributed by atoms with E-state index in [1.165, 1.54) is 27.7 Å². The van der Waals surface area contributed by atoms with Gasteiger partial charge in [0.05, 0.1) is 29.7 Å². The summed E-state index contributed by atoms with van der Waals surface area (Å²) in [5.74, 6) is -0.987. The molecule has 1 N–H and O–H groups in total. The van der Waals surface area contributed by atoms with E-state index in [0.717, 1.165) is 11.3 Å². The van der Waals surface area contributed by atoms with E-state index in [1.54, 1.807) is 39.0 Å². The van der Waals surface area contributed by atoms with Crippen molar-refractivity contribution < 1.29 is 18.7 Å². The van der Waals surface area contributed by atoms with Gasteiger partial charge < -0.3 is 10.1 Å². The minimum atomic E-state index is -0.508. The van der Waals surface area contributed by atoms with Gasteiger partial charge in [0.15, 0.2) is 0 Å². The molecule has 9 nitrogen and oxygen atoms in total. The molecule has 0 radical (unpaired) electrons. The van der Waals surface area contributed by atoms with Gasteiger partial charge in [-0.25, -0.2) is 18.9 Å².